The zero-order valence-corrected chi connectivity index (χ0v) is 13.9. The van der Waals surface area contributed by atoms with E-state index in [1.54, 1.807) is 18.2 Å². The maximum atomic E-state index is 12.2. The third-order valence-corrected chi connectivity index (χ3v) is 4.14. The number of nitrogens with one attached hydrogen (secondary N) is 2. The average molecular weight is 359 g/mol. The molecule has 0 bridgehead atoms. The van der Waals surface area contributed by atoms with Gasteiger partial charge in [-0.2, -0.15) is 0 Å². The molecule has 0 unspecified atom stereocenters. The fraction of sp³-hybridized carbons (Fsp3) is 0.400. The maximum absolute atomic E-state index is 12.2. The number of esters is 1. The third-order valence-electron chi connectivity index (χ3n) is 3.55. The highest BCUT2D eigenvalue weighted by Crippen LogP contribution is 2.22. The van der Waals surface area contributed by atoms with Crippen LogP contribution in [0.2, 0.25) is 10.0 Å². The van der Waals surface area contributed by atoms with E-state index in [0.29, 0.717) is 28.5 Å². The number of carbonyl (C=O) groups is 3. The lowest BCUT2D eigenvalue weighted by atomic mass is 10.1. The summed E-state index contributed by atoms with van der Waals surface area (Å²) in [6.45, 7) is 0. The van der Waals surface area contributed by atoms with Gasteiger partial charge < -0.3 is 15.4 Å². The maximum Gasteiger partial charge on any atom is 0.328 e. The Bertz CT molecular complexity index is 636. The van der Waals surface area contributed by atoms with Crippen molar-refractivity contribution in [1.29, 1.82) is 0 Å². The van der Waals surface area contributed by atoms with Gasteiger partial charge in [-0.15, -0.1) is 0 Å². The van der Waals surface area contributed by atoms with Gasteiger partial charge in [0, 0.05) is 22.9 Å². The van der Waals surface area contributed by atoms with Gasteiger partial charge in [0.1, 0.15) is 12.1 Å². The minimum absolute atomic E-state index is 0.162. The number of hydrogen-bond donors (Lipinski definition) is 2. The molecule has 2 N–H and O–H groups in total. The van der Waals surface area contributed by atoms with E-state index >= 15 is 0 Å². The molecule has 2 atom stereocenters. The predicted octanol–water partition coefficient (Wildman–Crippen LogP) is 1.47. The summed E-state index contributed by atoms with van der Waals surface area (Å²) in [5.41, 5.74) is 0.655. The van der Waals surface area contributed by atoms with Crippen molar-refractivity contribution in [2.45, 2.75) is 31.3 Å². The van der Waals surface area contributed by atoms with E-state index < -0.39 is 24.0 Å². The molecular formula is C15H16Cl2N2O4. The van der Waals surface area contributed by atoms with Gasteiger partial charge in [0.2, 0.25) is 11.8 Å². The molecule has 1 aromatic rings. The zero-order chi connectivity index (χ0) is 17.0. The monoisotopic (exact) mass is 358 g/mol. The predicted molar refractivity (Wildman–Crippen MR) is 85.3 cm³/mol. The minimum Gasteiger partial charge on any atom is -0.467 e. The van der Waals surface area contributed by atoms with Crippen LogP contribution in [-0.4, -0.2) is 37.0 Å². The molecule has 124 valence electrons. The first-order valence-electron chi connectivity index (χ1n) is 7.02. The summed E-state index contributed by atoms with van der Waals surface area (Å²) < 4.78 is 4.72. The van der Waals surface area contributed by atoms with Crippen molar-refractivity contribution in [1.82, 2.24) is 10.6 Å². The third kappa shape index (κ3) is 4.59. The summed E-state index contributed by atoms with van der Waals surface area (Å²) in [4.78, 5) is 35.3. The van der Waals surface area contributed by atoms with Crippen molar-refractivity contribution in [2.24, 2.45) is 0 Å². The molecule has 0 radical (unpaired) electrons. The van der Waals surface area contributed by atoms with Gasteiger partial charge in [-0.25, -0.2) is 4.79 Å². The number of benzene rings is 1. The molecular weight excluding hydrogens is 343 g/mol. The van der Waals surface area contributed by atoms with Crippen molar-refractivity contribution in [2.75, 3.05) is 7.11 Å². The molecule has 1 aliphatic rings. The number of amides is 2. The number of ether oxygens (including phenoxy) is 1. The quantitative estimate of drug-likeness (QED) is 0.780. The summed E-state index contributed by atoms with van der Waals surface area (Å²) >= 11 is 11.9. The van der Waals surface area contributed by atoms with Gasteiger partial charge in [-0.1, -0.05) is 29.3 Å². The first-order valence-corrected chi connectivity index (χ1v) is 7.77. The van der Waals surface area contributed by atoms with Crippen LogP contribution >= 0.6 is 23.2 Å². The molecule has 0 saturated carbocycles. The van der Waals surface area contributed by atoms with Crippen molar-refractivity contribution in [3.05, 3.63) is 33.8 Å². The number of carbonyl (C=O) groups excluding carboxylic acids is 3. The Hall–Kier alpha value is -1.79. The molecule has 1 heterocycles. The lowest BCUT2D eigenvalue weighted by Crippen LogP contribution is -2.50. The van der Waals surface area contributed by atoms with Gasteiger partial charge in [-0.05, 0) is 24.1 Å². The van der Waals surface area contributed by atoms with Crippen LogP contribution in [0, 0.1) is 0 Å². The van der Waals surface area contributed by atoms with Crippen LogP contribution in [-0.2, 0) is 25.5 Å². The molecule has 0 aromatic heterocycles. The smallest absolute Gasteiger partial charge is 0.328 e. The van der Waals surface area contributed by atoms with E-state index in [1.165, 1.54) is 7.11 Å². The zero-order valence-electron chi connectivity index (χ0n) is 12.4. The van der Waals surface area contributed by atoms with Crippen molar-refractivity contribution >= 4 is 41.0 Å². The fourth-order valence-corrected chi connectivity index (χ4v) is 2.81. The minimum atomic E-state index is -0.899. The van der Waals surface area contributed by atoms with E-state index in [0.717, 1.165) is 0 Å². The Labute approximate surface area is 143 Å². The molecule has 1 aromatic carbocycles. The SMILES string of the molecule is COC(=O)[C@H](Cc1ccc(Cl)cc1Cl)NC(=O)[C@H]1CCC(=O)N1. The van der Waals surface area contributed by atoms with E-state index in [2.05, 4.69) is 10.6 Å². The summed E-state index contributed by atoms with van der Waals surface area (Å²) in [6, 6.07) is 3.37. The lowest BCUT2D eigenvalue weighted by molar-refractivity contribution is -0.145. The number of methoxy groups -OCH3 is 1. The van der Waals surface area contributed by atoms with Gasteiger partial charge >= 0.3 is 5.97 Å². The molecule has 0 aliphatic carbocycles. The van der Waals surface area contributed by atoms with E-state index in [-0.39, 0.29) is 12.3 Å². The van der Waals surface area contributed by atoms with E-state index in [4.69, 9.17) is 27.9 Å². The largest absolute Gasteiger partial charge is 0.467 e. The van der Waals surface area contributed by atoms with Crippen LogP contribution in [0.3, 0.4) is 0 Å². The Morgan fingerprint density at radius 1 is 1.43 bits per heavy atom. The van der Waals surface area contributed by atoms with Crippen LogP contribution in [0.25, 0.3) is 0 Å². The Kier molecular flexibility index (Phi) is 5.85. The highest BCUT2D eigenvalue weighted by atomic mass is 35.5. The van der Waals surface area contributed by atoms with E-state index in [1.807, 2.05) is 0 Å². The van der Waals surface area contributed by atoms with Crippen molar-refractivity contribution in [3.63, 3.8) is 0 Å². The van der Waals surface area contributed by atoms with Crippen molar-refractivity contribution < 1.29 is 19.1 Å². The molecule has 2 amide bonds. The topological polar surface area (TPSA) is 84.5 Å². The molecule has 1 fully saturated rings. The summed E-state index contributed by atoms with van der Waals surface area (Å²) in [6.07, 6.45) is 0.860. The van der Waals surface area contributed by atoms with Gasteiger partial charge in [-0.3, -0.25) is 9.59 Å². The van der Waals surface area contributed by atoms with Crippen molar-refractivity contribution in [3.8, 4) is 0 Å². The molecule has 1 aliphatic heterocycles. The van der Waals surface area contributed by atoms with Crippen LogP contribution < -0.4 is 10.6 Å². The van der Waals surface area contributed by atoms with Crippen LogP contribution in [0.5, 0.6) is 0 Å². The average Bonchev–Trinajstić information content (AvgIpc) is 2.94. The Morgan fingerprint density at radius 2 is 2.17 bits per heavy atom. The number of halogens is 2. The van der Waals surface area contributed by atoms with Crippen LogP contribution in [0.15, 0.2) is 18.2 Å². The molecule has 1 saturated heterocycles. The lowest BCUT2D eigenvalue weighted by Gasteiger charge is -2.19. The first-order chi connectivity index (χ1) is 10.9. The first kappa shape index (κ1) is 17.6. The number of hydrogen-bond acceptors (Lipinski definition) is 4. The Balaban J connectivity index is 2.09. The Morgan fingerprint density at radius 3 is 2.74 bits per heavy atom. The van der Waals surface area contributed by atoms with E-state index in [9.17, 15) is 14.4 Å². The summed E-state index contributed by atoms with van der Waals surface area (Å²) in [5, 5.41) is 6.03. The highest BCUT2D eigenvalue weighted by Gasteiger charge is 2.31. The van der Waals surface area contributed by atoms with Gasteiger partial charge in [0.05, 0.1) is 7.11 Å². The molecule has 8 heteroatoms. The number of rotatable bonds is 5. The second-order valence-electron chi connectivity index (χ2n) is 5.18. The second kappa shape index (κ2) is 7.66. The molecule has 0 spiro atoms. The highest BCUT2D eigenvalue weighted by molar-refractivity contribution is 6.35. The molecule has 6 nitrogen and oxygen atoms in total. The summed E-state index contributed by atoms with van der Waals surface area (Å²) in [7, 11) is 1.24. The standard InChI is InChI=1S/C15H16Cl2N2O4/c1-23-15(22)12(6-8-2-3-9(16)7-10(8)17)19-14(21)11-4-5-13(20)18-11/h2-3,7,11-12H,4-6H2,1H3,(H,18,20)(H,19,21)/t11-,12+/m1/s1. The summed E-state index contributed by atoms with van der Waals surface area (Å²) in [5.74, 6) is -1.19. The van der Waals surface area contributed by atoms with Gasteiger partial charge in [0.25, 0.3) is 0 Å². The van der Waals surface area contributed by atoms with Crippen LogP contribution in [0.4, 0.5) is 0 Å². The normalized spacial score (nSPS) is 18.2. The van der Waals surface area contributed by atoms with Crippen LogP contribution in [0.1, 0.15) is 18.4 Å². The molecule has 2 rings (SSSR count). The fourth-order valence-electron chi connectivity index (χ4n) is 2.33. The van der Waals surface area contributed by atoms with Gasteiger partial charge in [0.15, 0.2) is 0 Å². The molecule has 23 heavy (non-hydrogen) atoms. The second-order valence-corrected chi connectivity index (χ2v) is 6.03.